The Morgan fingerprint density at radius 2 is 1.90 bits per heavy atom. The summed E-state index contributed by atoms with van der Waals surface area (Å²) in [7, 11) is 0. The second-order valence-electron chi connectivity index (χ2n) is 5.16. The van der Waals surface area contributed by atoms with Gasteiger partial charge in [0, 0.05) is 6.07 Å². The van der Waals surface area contributed by atoms with E-state index in [1.165, 1.54) is 12.1 Å². The highest BCUT2D eigenvalue weighted by Crippen LogP contribution is 2.34. The largest absolute Gasteiger partial charge is 0.487 e. The molecule has 114 valence electrons. The first-order chi connectivity index (χ1) is 10.0. The molecule has 0 aliphatic heterocycles. The number of non-ortho nitro benzene ring substituents is 1. The monoisotopic (exact) mass is 295 g/mol. The summed E-state index contributed by atoms with van der Waals surface area (Å²) in [6.45, 7) is 0.927. The number of hydrogen-bond donors (Lipinski definition) is 1. The van der Waals surface area contributed by atoms with Gasteiger partial charge in [-0.2, -0.15) is 0 Å². The fourth-order valence-electron chi connectivity index (χ4n) is 2.72. The van der Waals surface area contributed by atoms with Gasteiger partial charge in [-0.15, -0.1) is 0 Å². The highest BCUT2D eigenvalue weighted by Gasteiger charge is 2.28. The Kier molecular flexibility index (Phi) is 4.69. The lowest BCUT2D eigenvalue weighted by Gasteiger charge is -2.18. The molecule has 2 N–H and O–H groups in total. The van der Waals surface area contributed by atoms with E-state index in [4.69, 9.17) is 10.5 Å². The van der Waals surface area contributed by atoms with Crippen molar-refractivity contribution in [2.24, 2.45) is 17.6 Å². The highest BCUT2D eigenvalue weighted by atomic mass is 16.6. The summed E-state index contributed by atoms with van der Waals surface area (Å²) in [5, 5.41) is 21.7. The van der Waals surface area contributed by atoms with Crippen LogP contribution in [0.2, 0.25) is 0 Å². The van der Waals surface area contributed by atoms with E-state index in [2.05, 4.69) is 0 Å². The fraction of sp³-hybridized carbons (Fsp3) is 0.538. The van der Waals surface area contributed by atoms with Crippen LogP contribution in [0.25, 0.3) is 0 Å². The summed E-state index contributed by atoms with van der Waals surface area (Å²) >= 11 is 0. The van der Waals surface area contributed by atoms with E-state index in [9.17, 15) is 20.2 Å². The zero-order valence-corrected chi connectivity index (χ0v) is 11.4. The zero-order valence-electron chi connectivity index (χ0n) is 11.4. The second-order valence-corrected chi connectivity index (χ2v) is 5.16. The Morgan fingerprint density at radius 3 is 2.52 bits per heavy atom. The van der Waals surface area contributed by atoms with Gasteiger partial charge in [0.15, 0.2) is 5.75 Å². The Labute approximate surface area is 121 Å². The Hall–Kier alpha value is -2.22. The molecule has 1 aromatic carbocycles. The number of rotatable bonds is 6. The van der Waals surface area contributed by atoms with Crippen molar-refractivity contribution in [3.05, 3.63) is 38.4 Å². The molecule has 0 radical (unpaired) electrons. The number of ether oxygens (including phenoxy) is 1. The molecule has 8 nitrogen and oxygen atoms in total. The topological polar surface area (TPSA) is 122 Å². The molecule has 0 aromatic heterocycles. The fourth-order valence-corrected chi connectivity index (χ4v) is 2.72. The smallest absolute Gasteiger partial charge is 0.317 e. The number of benzene rings is 1. The molecule has 0 spiro atoms. The third-order valence-electron chi connectivity index (χ3n) is 3.92. The molecule has 1 aliphatic rings. The van der Waals surface area contributed by atoms with Crippen LogP contribution in [0.1, 0.15) is 19.3 Å². The Morgan fingerprint density at radius 1 is 1.19 bits per heavy atom. The minimum Gasteiger partial charge on any atom is -0.487 e. The van der Waals surface area contributed by atoms with E-state index in [0.717, 1.165) is 25.3 Å². The third kappa shape index (κ3) is 3.46. The normalized spacial score (nSPS) is 21.2. The summed E-state index contributed by atoms with van der Waals surface area (Å²) in [6.07, 6.45) is 3.12. The molecule has 8 heteroatoms. The molecule has 1 aliphatic carbocycles. The van der Waals surface area contributed by atoms with Gasteiger partial charge in [-0.3, -0.25) is 20.2 Å². The number of nitrogens with zero attached hydrogens (tertiary/aromatic N) is 2. The van der Waals surface area contributed by atoms with E-state index < -0.39 is 9.85 Å². The lowest BCUT2D eigenvalue weighted by atomic mass is 9.97. The maximum atomic E-state index is 11.0. The molecule has 0 bridgehead atoms. The number of hydrogen-bond acceptors (Lipinski definition) is 6. The van der Waals surface area contributed by atoms with Crippen LogP contribution in [0.4, 0.5) is 11.4 Å². The Bertz CT molecular complexity index is 549. The van der Waals surface area contributed by atoms with Gasteiger partial charge < -0.3 is 10.5 Å². The molecule has 2 atom stereocenters. The maximum absolute atomic E-state index is 11.0. The molecule has 0 amide bonds. The SMILES string of the molecule is NCC1CCCC1COc1ccc([N+](=O)[O-])cc1[N+](=O)[O-]. The van der Waals surface area contributed by atoms with Gasteiger partial charge >= 0.3 is 5.69 Å². The van der Waals surface area contributed by atoms with Crippen molar-refractivity contribution in [1.82, 2.24) is 0 Å². The summed E-state index contributed by atoms with van der Waals surface area (Å²) in [6, 6.07) is 3.41. The summed E-state index contributed by atoms with van der Waals surface area (Å²) in [4.78, 5) is 20.3. The lowest BCUT2D eigenvalue weighted by Crippen LogP contribution is -2.23. The minimum atomic E-state index is -0.669. The van der Waals surface area contributed by atoms with Crippen molar-refractivity contribution in [3.8, 4) is 5.75 Å². The van der Waals surface area contributed by atoms with E-state index >= 15 is 0 Å². The minimum absolute atomic E-state index is 0.0632. The summed E-state index contributed by atoms with van der Waals surface area (Å²) in [5.74, 6) is 0.722. The van der Waals surface area contributed by atoms with Crippen LogP contribution < -0.4 is 10.5 Å². The Balaban J connectivity index is 2.12. The van der Waals surface area contributed by atoms with Gasteiger partial charge in [-0.25, -0.2) is 0 Å². The van der Waals surface area contributed by atoms with E-state index in [-0.39, 0.29) is 23.0 Å². The van der Waals surface area contributed by atoms with Crippen molar-refractivity contribution >= 4 is 11.4 Å². The number of nitro benzene ring substituents is 2. The van der Waals surface area contributed by atoms with Gasteiger partial charge in [-0.1, -0.05) is 6.42 Å². The number of nitrogens with two attached hydrogens (primary N) is 1. The van der Waals surface area contributed by atoms with Crippen LogP contribution in [-0.4, -0.2) is 23.0 Å². The molecule has 0 saturated heterocycles. The van der Waals surface area contributed by atoms with Gasteiger partial charge in [0.2, 0.25) is 0 Å². The molecular weight excluding hydrogens is 278 g/mol. The molecule has 2 rings (SSSR count). The zero-order chi connectivity index (χ0) is 15.4. The van der Waals surface area contributed by atoms with Crippen LogP contribution in [0.3, 0.4) is 0 Å². The predicted octanol–water partition coefficient (Wildman–Crippen LogP) is 2.26. The highest BCUT2D eigenvalue weighted by molar-refractivity contribution is 5.53. The van der Waals surface area contributed by atoms with Crippen molar-refractivity contribution in [2.45, 2.75) is 19.3 Å². The number of nitro groups is 2. The van der Waals surface area contributed by atoms with Crippen LogP contribution in [0.15, 0.2) is 18.2 Å². The molecule has 21 heavy (non-hydrogen) atoms. The van der Waals surface area contributed by atoms with Gasteiger partial charge in [0.1, 0.15) is 0 Å². The van der Waals surface area contributed by atoms with E-state index in [0.29, 0.717) is 19.1 Å². The molecule has 1 fully saturated rings. The average Bonchev–Trinajstić information content (AvgIpc) is 2.92. The lowest BCUT2D eigenvalue weighted by molar-refractivity contribution is -0.394. The summed E-state index contributed by atoms with van der Waals surface area (Å²) < 4.78 is 5.53. The van der Waals surface area contributed by atoms with Crippen LogP contribution in [0.5, 0.6) is 5.75 Å². The van der Waals surface area contributed by atoms with E-state index in [1.54, 1.807) is 0 Å². The van der Waals surface area contributed by atoms with Gasteiger partial charge in [0.25, 0.3) is 5.69 Å². The van der Waals surface area contributed by atoms with Crippen molar-refractivity contribution in [3.63, 3.8) is 0 Å². The predicted molar refractivity (Wildman–Crippen MR) is 75.1 cm³/mol. The third-order valence-corrected chi connectivity index (χ3v) is 3.92. The first-order valence-electron chi connectivity index (χ1n) is 6.78. The molecule has 0 heterocycles. The maximum Gasteiger partial charge on any atom is 0.317 e. The average molecular weight is 295 g/mol. The van der Waals surface area contributed by atoms with Crippen molar-refractivity contribution < 1.29 is 14.6 Å². The molecule has 2 unspecified atom stereocenters. The molecular formula is C13H17N3O5. The van der Waals surface area contributed by atoms with Crippen LogP contribution in [-0.2, 0) is 0 Å². The van der Waals surface area contributed by atoms with Gasteiger partial charge in [0.05, 0.1) is 22.5 Å². The van der Waals surface area contributed by atoms with Crippen LogP contribution in [0, 0.1) is 32.1 Å². The van der Waals surface area contributed by atoms with Gasteiger partial charge in [-0.05, 0) is 37.3 Å². The standard InChI is InChI=1S/C13H17N3O5/c14-7-9-2-1-3-10(9)8-21-13-5-4-11(15(17)18)6-12(13)16(19)20/h4-6,9-10H,1-3,7-8,14H2. The first kappa shape index (κ1) is 15.2. The molecule has 1 aromatic rings. The van der Waals surface area contributed by atoms with E-state index in [1.807, 2.05) is 0 Å². The van der Waals surface area contributed by atoms with Crippen molar-refractivity contribution in [1.29, 1.82) is 0 Å². The first-order valence-corrected chi connectivity index (χ1v) is 6.78. The van der Waals surface area contributed by atoms with Crippen LogP contribution >= 0.6 is 0 Å². The molecule has 1 saturated carbocycles. The quantitative estimate of drug-likeness (QED) is 0.634. The second kappa shape index (κ2) is 6.49. The van der Waals surface area contributed by atoms with Crippen molar-refractivity contribution in [2.75, 3.05) is 13.2 Å². The summed E-state index contributed by atoms with van der Waals surface area (Å²) in [5.41, 5.74) is 4.98.